The lowest BCUT2D eigenvalue weighted by Crippen LogP contribution is -2.40. The molecule has 2 bridgehead atoms. The Bertz CT molecular complexity index is 560. The number of hydrogen-bond donors (Lipinski definition) is 2. The number of aryl methyl sites for hydroxylation is 1. The molecule has 1 amide bonds. The minimum Gasteiger partial charge on any atom is -0.325 e. The summed E-state index contributed by atoms with van der Waals surface area (Å²) >= 11 is 5.93. The van der Waals surface area contributed by atoms with Crippen LogP contribution in [0.1, 0.15) is 38.2 Å². The van der Waals surface area contributed by atoms with Crippen molar-refractivity contribution in [1.82, 2.24) is 5.32 Å². The molecule has 2 N–H and O–H groups in total. The first-order valence-corrected chi connectivity index (χ1v) is 8.70. The third kappa shape index (κ3) is 3.47. The summed E-state index contributed by atoms with van der Waals surface area (Å²) in [5.74, 6) is 2.60. The van der Waals surface area contributed by atoms with Crippen LogP contribution in [0.15, 0.2) is 18.2 Å². The van der Waals surface area contributed by atoms with Gasteiger partial charge in [-0.3, -0.25) is 4.79 Å². The van der Waals surface area contributed by atoms with Crippen LogP contribution in [0.2, 0.25) is 5.02 Å². The average Bonchev–Trinajstić information content (AvgIpc) is 3.10. The molecule has 3 rings (SSSR count). The van der Waals surface area contributed by atoms with Gasteiger partial charge >= 0.3 is 0 Å². The highest BCUT2D eigenvalue weighted by Crippen LogP contribution is 2.49. The van der Waals surface area contributed by atoms with Gasteiger partial charge in [0.1, 0.15) is 0 Å². The predicted octanol–water partition coefficient (Wildman–Crippen LogP) is 4.00. The molecule has 4 heteroatoms. The van der Waals surface area contributed by atoms with Crippen LogP contribution in [0.5, 0.6) is 0 Å². The number of halogens is 1. The largest absolute Gasteiger partial charge is 0.325 e. The van der Waals surface area contributed by atoms with Gasteiger partial charge in [0.15, 0.2) is 0 Å². The van der Waals surface area contributed by atoms with Crippen molar-refractivity contribution in [2.24, 2.45) is 17.8 Å². The molecule has 0 aliphatic heterocycles. The SMILES string of the molecule is Cc1cc(Cl)ccc1NC(=O)CN[C@H](C)[C@@H]1C[C@H]2CC[C@H]1C2. The summed E-state index contributed by atoms with van der Waals surface area (Å²) in [6.45, 7) is 4.55. The second kappa shape index (κ2) is 6.59. The van der Waals surface area contributed by atoms with Crippen LogP contribution in [0.4, 0.5) is 5.69 Å². The molecule has 120 valence electrons. The Hall–Kier alpha value is -1.06. The van der Waals surface area contributed by atoms with E-state index in [1.165, 1.54) is 25.7 Å². The van der Waals surface area contributed by atoms with Crippen LogP contribution in [0, 0.1) is 24.7 Å². The first-order valence-electron chi connectivity index (χ1n) is 8.32. The van der Waals surface area contributed by atoms with E-state index in [4.69, 9.17) is 11.6 Å². The second-order valence-corrected chi connectivity index (χ2v) is 7.45. The minimum absolute atomic E-state index is 0.0143. The van der Waals surface area contributed by atoms with Crippen molar-refractivity contribution in [2.75, 3.05) is 11.9 Å². The summed E-state index contributed by atoms with van der Waals surface area (Å²) in [6.07, 6.45) is 5.56. The van der Waals surface area contributed by atoms with Crippen molar-refractivity contribution in [1.29, 1.82) is 0 Å². The van der Waals surface area contributed by atoms with Gasteiger partial charge in [-0.1, -0.05) is 18.0 Å². The van der Waals surface area contributed by atoms with E-state index in [9.17, 15) is 4.79 Å². The van der Waals surface area contributed by atoms with Crippen molar-refractivity contribution in [3.8, 4) is 0 Å². The zero-order valence-electron chi connectivity index (χ0n) is 13.4. The number of amides is 1. The van der Waals surface area contributed by atoms with Crippen LogP contribution in [-0.2, 0) is 4.79 Å². The first-order chi connectivity index (χ1) is 10.5. The average molecular weight is 321 g/mol. The number of nitrogens with one attached hydrogen (secondary N) is 2. The minimum atomic E-state index is 0.0143. The number of fused-ring (bicyclic) bond motifs is 2. The summed E-state index contributed by atoms with van der Waals surface area (Å²) < 4.78 is 0. The van der Waals surface area contributed by atoms with E-state index in [2.05, 4.69) is 17.6 Å². The Labute approximate surface area is 137 Å². The lowest BCUT2D eigenvalue weighted by Gasteiger charge is -2.28. The number of hydrogen-bond acceptors (Lipinski definition) is 2. The standard InChI is InChI=1S/C18H25ClN2O/c1-11-7-15(19)5-6-17(11)21-18(22)10-20-12(2)16-9-13-3-4-14(16)8-13/h5-7,12-14,16,20H,3-4,8-10H2,1-2H3,(H,21,22)/t12-,13+,14+,16+/m1/s1. The van der Waals surface area contributed by atoms with E-state index >= 15 is 0 Å². The van der Waals surface area contributed by atoms with E-state index < -0.39 is 0 Å². The van der Waals surface area contributed by atoms with Gasteiger partial charge < -0.3 is 10.6 Å². The van der Waals surface area contributed by atoms with E-state index in [0.717, 1.165) is 29.0 Å². The maximum Gasteiger partial charge on any atom is 0.238 e. The van der Waals surface area contributed by atoms with Crippen molar-refractivity contribution in [2.45, 2.75) is 45.6 Å². The smallest absolute Gasteiger partial charge is 0.238 e. The number of carbonyl (C=O) groups excluding carboxylic acids is 1. The summed E-state index contributed by atoms with van der Waals surface area (Å²) in [7, 11) is 0. The van der Waals surface area contributed by atoms with Gasteiger partial charge in [0.25, 0.3) is 0 Å². The highest BCUT2D eigenvalue weighted by Gasteiger charge is 2.41. The fourth-order valence-corrected chi connectivity index (χ4v) is 4.50. The van der Waals surface area contributed by atoms with Crippen LogP contribution in [-0.4, -0.2) is 18.5 Å². The van der Waals surface area contributed by atoms with E-state index in [0.29, 0.717) is 17.6 Å². The van der Waals surface area contributed by atoms with Crippen molar-refractivity contribution < 1.29 is 4.79 Å². The Balaban J connectivity index is 1.48. The van der Waals surface area contributed by atoms with E-state index in [1.54, 1.807) is 6.07 Å². The van der Waals surface area contributed by atoms with E-state index in [1.807, 2.05) is 19.1 Å². The molecule has 0 aromatic heterocycles. The zero-order chi connectivity index (χ0) is 15.7. The van der Waals surface area contributed by atoms with Gasteiger partial charge in [0, 0.05) is 16.8 Å². The number of carbonyl (C=O) groups is 1. The van der Waals surface area contributed by atoms with E-state index in [-0.39, 0.29) is 5.91 Å². The number of benzene rings is 1. The molecule has 22 heavy (non-hydrogen) atoms. The van der Waals surface area contributed by atoms with Crippen molar-refractivity contribution in [3.05, 3.63) is 28.8 Å². The maximum absolute atomic E-state index is 12.1. The second-order valence-electron chi connectivity index (χ2n) is 7.02. The van der Waals surface area contributed by atoms with Crippen LogP contribution < -0.4 is 10.6 Å². The zero-order valence-corrected chi connectivity index (χ0v) is 14.1. The lowest BCUT2D eigenvalue weighted by atomic mass is 9.84. The van der Waals surface area contributed by atoms with Gasteiger partial charge in [-0.15, -0.1) is 0 Å². The molecule has 2 saturated carbocycles. The van der Waals surface area contributed by atoms with Gasteiger partial charge in [-0.25, -0.2) is 0 Å². The summed E-state index contributed by atoms with van der Waals surface area (Å²) in [5, 5.41) is 7.07. The molecule has 0 radical (unpaired) electrons. The Kier molecular flexibility index (Phi) is 4.74. The molecule has 0 spiro atoms. The fraction of sp³-hybridized carbons (Fsp3) is 0.611. The Morgan fingerprint density at radius 1 is 1.36 bits per heavy atom. The molecule has 0 heterocycles. The normalized spacial score (nSPS) is 27.9. The highest BCUT2D eigenvalue weighted by molar-refractivity contribution is 6.30. The van der Waals surface area contributed by atoms with Crippen molar-refractivity contribution in [3.63, 3.8) is 0 Å². The molecule has 2 aliphatic rings. The topological polar surface area (TPSA) is 41.1 Å². The number of rotatable bonds is 5. The third-order valence-electron chi connectivity index (χ3n) is 5.48. The maximum atomic E-state index is 12.1. The molecular formula is C18H25ClN2O. The molecule has 1 aromatic rings. The Morgan fingerprint density at radius 3 is 2.82 bits per heavy atom. The molecule has 4 atom stereocenters. The summed E-state index contributed by atoms with van der Waals surface area (Å²) in [4.78, 5) is 12.1. The summed E-state index contributed by atoms with van der Waals surface area (Å²) in [5.41, 5.74) is 1.82. The predicted molar refractivity (Wildman–Crippen MR) is 91.2 cm³/mol. The van der Waals surface area contributed by atoms with Crippen LogP contribution >= 0.6 is 11.6 Å². The molecule has 3 nitrogen and oxygen atoms in total. The quantitative estimate of drug-likeness (QED) is 0.861. The van der Waals surface area contributed by atoms with Crippen LogP contribution in [0.25, 0.3) is 0 Å². The first kappa shape index (κ1) is 15.8. The molecule has 0 saturated heterocycles. The van der Waals surface area contributed by atoms with Gasteiger partial charge in [-0.2, -0.15) is 0 Å². The molecule has 2 fully saturated rings. The van der Waals surface area contributed by atoms with Crippen molar-refractivity contribution >= 4 is 23.2 Å². The fourth-order valence-electron chi connectivity index (χ4n) is 4.27. The van der Waals surface area contributed by atoms with Crippen LogP contribution in [0.3, 0.4) is 0 Å². The molecule has 0 unspecified atom stereocenters. The Morgan fingerprint density at radius 2 is 2.18 bits per heavy atom. The highest BCUT2D eigenvalue weighted by atomic mass is 35.5. The van der Waals surface area contributed by atoms with Gasteiger partial charge in [0.2, 0.25) is 5.91 Å². The van der Waals surface area contributed by atoms with Gasteiger partial charge in [-0.05, 0) is 74.6 Å². The monoisotopic (exact) mass is 320 g/mol. The van der Waals surface area contributed by atoms with Gasteiger partial charge in [0.05, 0.1) is 6.54 Å². The lowest BCUT2D eigenvalue weighted by molar-refractivity contribution is -0.115. The molecule has 1 aromatic carbocycles. The summed E-state index contributed by atoms with van der Waals surface area (Å²) in [6, 6.07) is 5.94. The third-order valence-corrected chi connectivity index (χ3v) is 5.72. The molecular weight excluding hydrogens is 296 g/mol. The number of anilines is 1. The molecule has 2 aliphatic carbocycles.